The maximum absolute atomic E-state index is 9.34. The number of rotatable bonds is 11. The second-order valence-electron chi connectivity index (χ2n) is 8.21. The lowest BCUT2D eigenvalue weighted by molar-refractivity contribution is 0.0503. The summed E-state index contributed by atoms with van der Waals surface area (Å²) in [5.41, 5.74) is 6.51. The molecule has 0 unspecified atom stereocenters. The molecule has 0 heterocycles. The van der Waals surface area contributed by atoms with Gasteiger partial charge in [0, 0.05) is 25.0 Å². The first-order valence-electron chi connectivity index (χ1n) is 11.0. The van der Waals surface area contributed by atoms with Crippen molar-refractivity contribution in [1.29, 1.82) is 5.26 Å². The molecule has 0 atom stereocenters. The summed E-state index contributed by atoms with van der Waals surface area (Å²) in [6.45, 7) is 12.0. The largest absolute Gasteiger partial charge is 0.467 e. The standard InChI is InChI=1S/C26H36N2O2/c1-7-8-9-10-13-28(26-20(4)14-22(17-27)15-21(26)5)23-11-12-25(30-18-29-6)24(16-23)19(2)3/h11-12,14-16,19H,7-10,13,18H2,1-6H3. The van der Waals surface area contributed by atoms with Crippen LogP contribution in [0.1, 0.15) is 74.6 Å². The fourth-order valence-electron chi connectivity index (χ4n) is 3.92. The van der Waals surface area contributed by atoms with E-state index < -0.39 is 0 Å². The van der Waals surface area contributed by atoms with Gasteiger partial charge in [-0.1, -0.05) is 40.0 Å². The van der Waals surface area contributed by atoms with Gasteiger partial charge in [-0.15, -0.1) is 0 Å². The fourth-order valence-corrected chi connectivity index (χ4v) is 3.92. The van der Waals surface area contributed by atoms with Gasteiger partial charge in [-0.25, -0.2) is 0 Å². The number of ether oxygens (including phenoxy) is 2. The summed E-state index contributed by atoms with van der Waals surface area (Å²) in [5, 5.41) is 9.34. The van der Waals surface area contributed by atoms with E-state index >= 15 is 0 Å². The monoisotopic (exact) mass is 408 g/mol. The van der Waals surface area contributed by atoms with Gasteiger partial charge in [0.25, 0.3) is 0 Å². The summed E-state index contributed by atoms with van der Waals surface area (Å²) in [6, 6.07) is 12.7. The zero-order valence-electron chi connectivity index (χ0n) is 19.4. The smallest absolute Gasteiger partial charge is 0.188 e. The predicted octanol–water partition coefficient (Wildman–Crippen LogP) is 7.00. The zero-order chi connectivity index (χ0) is 22.1. The van der Waals surface area contributed by atoms with Gasteiger partial charge < -0.3 is 14.4 Å². The van der Waals surface area contributed by atoms with Crippen LogP contribution in [0.4, 0.5) is 11.4 Å². The topological polar surface area (TPSA) is 45.5 Å². The van der Waals surface area contributed by atoms with Crippen molar-refractivity contribution in [1.82, 2.24) is 0 Å². The molecule has 0 amide bonds. The molecule has 0 aromatic heterocycles. The van der Waals surface area contributed by atoms with Crippen LogP contribution in [0, 0.1) is 25.2 Å². The van der Waals surface area contributed by atoms with Crippen molar-refractivity contribution in [2.45, 2.75) is 66.2 Å². The van der Waals surface area contributed by atoms with Gasteiger partial charge in [-0.3, -0.25) is 0 Å². The molecule has 4 heteroatoms. The van der Waals surface area contributed by atoms with Crippen LogP contribution >= 0.6 is 0 Å². The van der Waals surface area contributed by atoms with Gasteiger partial charge in [0.05, 0.1) is 11.6 Å². The lowest BCUT2D eigenvalue weighted by atomic mass is 9.99. The van der Waals surface area contributed by atoms with Gasteiger partial charge in [0.1, 0.15) is 5.75 Å². The summed E-state index contributed by atoms with van der Waals surface area (Å²) in [7, 11) is 1.64. The Balaban J connectivity index is 2.50. The third-order valence-corrected chi connectivity index (χ3v) is 5.38. The quantitative estimate of drug-likeness (QED) is 0.297. The van der Waals surface area contributed by atoms with E-state index in [0.29, 0.717) is 11.5 Å². The summed E-state index contributed by atoms with van der Waals surface area (Å²) >= 11 is 0. The van der Waals surface area contributed by atoms with E-state index in [1.807, 2.05) is 12.1 Å². The predicted molar refractivity (Wildman–Crippen MR) is 125 cm³/mol. The average molecular weight is 409 g/mol. The van der Waals surface area contributed by atoms with E-state index in [1.165, 1.54) is 30.5 Å². The van der Waals surface area contributed by atoms with E-state index in [1.54, 1.807) is 7.11 Å². The molecule has 4 nitrogen and oxygen atoms in total. The van der Waals surface area contributed by atoms with Gasteiger partial charge >= 0.3 is 0 Å². The first-order chi connectivity index (χ1) is 14.4. The van der Waals surface area contributed by atoms with Crippen LogP contribution in [0.5, 0.6) is 5.75 Å². The molecule has 0 saturated heterocycles. The van der Waals surface area contributed by atoms with E-state index in [0.717, 1.165) is 35.5 Å². The van der Waals surface area contributed by atoms with Crippen LogP contribution < -0.4 is 9.64 Å². The maximum Gasteiger partial charge on any atom is 0.188 e. The molecule has 0 saturated carbocycles. The van der Waals surface area contributed by atoms with Crippen LogP contribution in [-0.2, 0) is 4.74 Å². The SMILES string of the molecule is CCCCCCN(c1ccc(OCOC)c(C(C)C)c1)c1c(C)cc(C#N)cc1C. The van der Waals surface area contributed by atoms with Crippen LogP contribution in [-0.4, -0.2) is 20.4 Å². The van der Waals surface area contributed by atoms with E-state index in [9.17, 15) is 5.26 Å². The number of nitriles is 1. The highest BCUT2D eigenvalue weighted by Gasteiger charge is 2.18. The lowest BCUT2D eigenvalue weighted by Crippen LogP contribution is -2.21. The van der Waals surface area contributed by atoms with Crippen LogP contribution in [0.2, 0.25) is 0 Å². The highest BCUT2D eigenvalue weighted by atomic mass is 16.7. The van der Waals surface area contributed by atoms with Gasteiger partial charge in [0.15, 0.2) is 6.79 Å². The number of benzene rings is 2. The zero-order valence-corrected chi connectivity index (χ0v) is 19.4. The third-order valence-electron chi connectivity index (χ3n) is 5.38. The Hall–Kier alpha value is -2.51. The van der Waals surface area contributed by atoms with Crippen LogP contribution in [0.3, 0.4) is 0 Å². The molecule has 0 fully saturated rings. The number of methoxy groups -OCH3 is 1. The highest BCUT2D eigenvalue weighted by molar-refractivity contribution is 5.72. The summed E-state index contributed by atoms with van der Waals surface area (Å²) in [6.07, 6.45) is 4.82. The van der Waals surface area contributed by atoms with Crippen molar-refractivity contribution < 1.29 is 9.47 Å². The first kappa shape index (κ1) is 23.8. The Bertz CT molecular complexity index is 845. The molecule has 0 aliphatic carbocycles. The van der Waals surface area contributed by atoms with Crippen LogP contribution in [0.25, 0.3) is 0 Å². The van der Waals surface area contributed by atoms with E-state index in [-0.39, 0.29) is 6.79 Å². The van der Waals surface area contributed by atoms with Gasteiger partial charge in [0.2, 0.25) is 0 Å². The molecule has 0 N–H and O–H groups in total. The molecule has 2 rings (SSSR count). The minimum absolute atomic E-state index is 0.244. The third kappa shape index (κ3) is 6.00. The average Bonchev–Trinajstić information content (AvgIpc) is 2.73. The first-order valence-corrected chi connectivity index (χ1v) is 11.0. The number of aryl methyl sites for hydroxylation is 2. The van der Waals surface area contributed by atoms with Crippen molar-refractivity contribution in [2.24, 2.45) is 0 Å². The van der Waals surface area contributed by atoms with Crippen molar-refractivity contribution in [3.8, 4) is 11.8 Å². The molecule has 2 aromatic rings. The Kier molecular flexibility index (Phi) is 9.20. The van der Waals surface area contributed by atoms with Gasteiger partial charge in [-0.2, -0.15) is 5.26 Å². The Labute approximate surface area is 182 Å². The second kappa shape index (κ2) is 11.6. The molecule has 2 aromatic carbocycles. The molecule has 162 valence electrons. The Morgan fingerprint density at radius 1 is 1.03 bits per heavy atom. The summed E-state index contributed by atoms with van der Waals surface area (Å²) < 4.78 is 10.9. The Morgan fingerprint density at radius 3 is 2.30 bits per heavy atom. The molecular weight excluding hydrogens is 372 g/mol. The molecular formula is C26H36N2O2. The van der Waals surface area contributed by atoms with E-state index in [2.05, 4.69) is 63.8 Å². The number of nitrogens with zero attached hydrogens (tertiary/aromatic N) is 2. The number of anilines is 2. The lowest BCUT2D eigenvalue weighted by Gasteiger charge is -2.30. The number of unbranched alkanes of at least 4 members (excludes halogenated alkanes) is 3. The van der Waals surface area contributed by atoms with Crippen molar-refractivity contribution in [3.63, 3.8) is 0 Å². The molecule has 0 spiro atoms. The second-order valence-corrected chi connectivity index (χ2v) is 8.21. The molecule has 0 aliphatic heterocycles. The van der Waals surface area contributed by atoms with Crippen molar-refractivity contribution in [2.75, 3.05) is 25.3 Å². The Morgan fingerprint density at radius 2 is 1.73 bits per heavy atom. The number of hydrogen-bond donors (Lipinski definition) is 0. The highest BCUT2D eigenvalue weighted by Crippen LogP contribution is 2.37. The number of hydrogen-bond acceptors (Lipinski definition) is 4. The molecule has 0 radical (unpaired) electrons. The maximum atomic E-state index is 9.34. The van der Waals surface area contributed by atoms with Gasteiger partial charge in [-0.05, 0) is 73.2 Å². The summed E-state index contributed by atoms with van der Waals surface area (Å²) in [5.74, 6) is 1.21. The molecule has 30 heavy (non-hydrogen) atoms. The minimum Gasteiger partial charge on any atom is -0.467 e. The molecule has 0 aliphatic rings. The summed E-state index contributed by atoms with van der Waals surface area (Å²) in [4.78, 5) is 2.41. The molecule has 0 bridgehead atoms. The van der Waals surface area contributed by atoms with E-state index in [4.69, 9.17) is 9.47 Å². The van der Waals surface area contributed by atoms with Crippen molar-refractivity contribution >= 4 is 11.4 Å². The minimum atomic E-state index is 0.244. The normalized spacial score (nSPS) is 10.9. The van der Waals surface area contributed by atoms with Crippen molar-refractivity contribution in [3.05, 3.63) is 52.6 Å². The fraction of sp³-hybridized carbons (Fsp3) is 0.500. The van der Waals surface area contributed by atoms with Crippen LogP contribution in [0.15, 0.2) is 30.3 Å².